The van der Waals surface area contributed by atoms with E-state index in [4.69, 9.17) is 9.47 Å². The molecule has 0 aliphatic heterocycles. The SMILES string of the molecule is Cc1cc(O)cc(O)c1C(=O)OC[C@@H](OC(=O)c1c(C)cc(O)cc1O)[C@@H](O)CO. The number of benzene rings is 2. The second-order valence-electron chi connectivity index (χ2n) is 6.61. The summed E-state index contributed by atoms with van der Waals surface area (Å²) in [5.74, 6) is -3.71. The van der Waals surface area contributed by atoms with Crippen LogP contribution in [0.4, 0.5) is 0 Å². The van der Waals surface area contributed by atoms with Crippen LogP contribution >= 0.6 is 0 Å². The molecule has 0 bridgehead atoms. The summed E-state index contributed by atoms with van der Waals surface area (Å²) in [4.78, 5) is 24.7. The highest BCUT2D eigenvalue weighted by Crippen LogP contribution is 2.29. The second-order valence-corrected chi connectivity index (χ2v) is 6.61. The lowest BCUT2D eigenvalue weighted by atomic mass is 10.1. The third-order valence-electron chi connectivity index (χ3n) is 4.26. The molecule has 162 valence electrons. The van der Waals surface area contributed by atoms with Crippen LogP contribution in [0.3, 0.4) is 0 Å². The third-order valence-corrected chi connectivity index (χ3v) is 4.26. The van der Waals surface area contributed by atoms with E-state index in [2.05, 4.69) is 0 Å². The molecule has 0 amide bonds. The van der Waals surface area contributed by atoms with Gasteiger partial charge in [0.05, 0.1) is 6.61 Å². The first kappa shape index (κ1) is 22.8. The van der Waals surface area contributed by atoms with Gasteiger partial charge in [-0.2, -0.15) is 0 Å². The molecule has 0 fully saturated rings. The summed E-state index contributed by atoms with van der Waals surface area (Å²) < 4.78 is 10.1. The highest BCUT2D eigenvalue weighted by Gasteiger charge is 2.28. The van der Waals surface area contributed by atoms with Gasteiger partial charge in [0.1, 0.15) is 46.8 Å². The molecule has 2 rings (SSSR count). The van der Waals surface area contributed by atoms with Crippen molar-refractivity contribution < 1.29 is 49.7 Å². The number of aliphatic hydroxyl groups is 2. The van der Waals surface area contributed by atoms with E-state index in [9.17, 15) is 40.2 Å². The zero-order valence-electron chi connectivity index (χ0n) is 16.2. The largest absolute Gasteiger partial charge is 0.508 e. The van der Waals surface area contributed by atoms with Gasteiger partial charge in [-0.3, -0.25) is 0 Å². The minimum absolute atomic E-state index is 0.191. The van der Waals surface area contributed by atoms with Crippen LogP contribution < -0.4 is 0 Å². The van der Waals surface area contributed by atoms with Crippen LogP contribution in [-0.4, -0.2) is 68.0 Å². The van der Waals surface area contributed by atoms with E-state index >= 15 is 0 Å². The molecule has 30 heavy (non-hydrogen) atoms. The number of carbonyl (C=O) groups is 2. The maximum atomic E-state index is 12.4. The molecule has 2 aromatic carbocycles. The summed E-state index contributed by atoms with van der Waals surface area (Å²) in [6.07, 6.45) is -3.12. The van der Waals surface area contributed by atoms with Crippen molar-refractivity contribution in [2.75, 3.05) is 13.2 Å². The van der Waals surface area contributed by atoms with Crippen LogP contribution in [0, 0.1) is 13.8 Å². The molecule has 0 saturated carbocycles. The lowest BCUT2D eigenvalue weighted by Gasteiger charge is -2.22. The van der Waals surface area contributed by atoms with E-state index in [0.29, 0.717) is 0 Å². The lowest BCUT2D eigenvalue weighted by Crippen LogP contribution is -2.38. The molecule has 0 radical (unpaired) electrons. The van der Waals surface area contributed by atoms with Crippen LogP contribution in [0.25, 0.3) is 0 Å². The standard InChI is InChI=1S/C20H22O10/c1-9-3-11(22)5-13(24)17(9)19(27)29-8-16(15(26)7-21)30-20(28)18-10(2)4-12(23)6-14(18)25/h3-6,15-16,21-26H,7-8H2,1-2H3/t15-,16+/m0/s1. The third kappa shape index (κ3) is 5.10. The molecule has 0 unspecified atom stereocenters. The number of hydrogen-bond donors (Lipinski definition) is 6. The minimum Gasteiger partial charge on any atom is -0.508 e. The normalized spacial score (nSPS) is 12.8. The predicted octanol–water partition coefficient (Wildman–Crippen LogP) is 0.861. The Morgan fingerprint density at radius 3 is 1.77 bits per heavy atom. The van der Waals surface area contributed by atoms with Gasteiger partial charge in [0.15, 0.2) is 6.10 Å². The van der Waals surface area contributed by atoms with Crippen LogP contribution in [-0.2, 0) is 9.47 Å². The van der Waals surface area contributed by atoms with Crippen LogP contribution in [0.1, 0.15) is 31.8 Å². The monoisotopic (exact) mass is 422 g/mol. The number of aryl methyl sites for hydroxylation is 2. The first-order chi connectivity index (χ1) is 14.0. The maximum Gasteiger partial charge on any atom is 0.342 e. The highest BCUT2D eigenvalue weighted by molar-refractivity contribution is 5.95. The fraction of sp³-hybridized carbons (Fsp3) is 0.300. The van der Waals surface area contributed by atoms with Crippen molar-refractivity contribution in [3.8, 4) is 23.0 Å². The van der Waals surface area contributed by atoms with Gasteiger partial charge in [0.2, 0.25) is 0 Å². The van der Waals surface area contributed by atoms with Gasteiger partial charge in [-0.05, 0) is 37.1 Å². The van der Waals surface area contributed by atoms with Gasteiger partial charge in [0, 0.05) is 12.1 Å². The van der Waals surface area contributed by atoms with Crippen molar-refractivity contribution in [3.05, 3.63) is 46.5 Å². The number of rotatable bonds is 7. The Hall–Kier alpha value is -3.50. The van der Waals surface area contributed by atoms with Gasteiger partial charge in [-0.25, -0.2) is 9.59 Å². The predicted molar refractivity (Wildman–Crippen MR) is 102 cm³/mol. The number of aliphatic hydroxyl groups excluding tert-OH is 2. The molecular formula is C20H22O10. The molecule has 0 saturated heterocycles. The van der Waals surface area contributed by atoms with Crippen molar-refractivity contribution in [2.45, 2.75) is 26.1 Å². The van der Waals surface area contributed by atoms with E-state index in [0.717, 1.165) is 12.1 Å². The minimum atomic E-state index is -1.61. The van der Waals surface area contributed by atoms with Gasteiger partial charge >= 0.3 is 11.9 Å². The second kappa shape index (κ2) is 9.33. The Morgan fingerprint density at radius 1 is 0.867 bits per heavy atom. The Bertz CT molecular complexity index is 907. The molecule has 0 aromatic heterocycles. The molecule has 2 atom stereocenters. The maximum absolute atomic E-state index is 12.4. The Labute approximate surface area is 171 Å². The number of aromatic hydroxyl groups is 4. The molecule has 0 aliphatic rings. The molecule has 0 heterocycles. The summed E-state index contributed by atoms with van der Waals surface area (Å²) in [7, 11) is 0. The van der Waals surface area contributed by atoms with Crippen molar-refractivity contribution in [1.82, 2.24) is 0 Å². The zero-order chi connectivity index (χ0) is 22.6. The summed E-state index contributed by atoms with van der Waals surface area (Å²) in [5.41, 5.74) is -0.0977. The number of carbonyl (C=O) groups excluding carboxylic acids is 2. The van der Waals surface area contributed by atoms with Crippen LogP contribution in [0.5, 0.6) is 23.0 Å². The van der Waals surface area contributed by atoms with Crippen LogP contribution in [0.15, 0.2) is 24.3 Å². The van der Waals surface area contributed by atoms with Crippen molar-refractivity contribution in [3.63, 3.8) is 0 Å². The highest BCUT2D eigenvalue weighted by atomic mass is 16.6. The van der Waals surface area contributed by atoms with E-state index in [-0.39, 0.29) is 33.8 Å². The van der Waals surface area contributed by atoms with E-state index in [1.54, 1.807) is 0 Å². The molecule has 0 aliphatic carbocycles. The summed E-state index contributed by atoms with van der Waals surface area (Å²) in [5, 5.41) is 57.7. The Kier molecular flexibility index (Phi) is 7.09. The van der Waals surface area contributed by atoms with Crippen molar-refractivity contribution in [2.24, 2.45) is 0 Å². The molecule has 0 spiro atoms. The molecular weight excluding hydrogens is 400 g/mol. The van der Waals surface area contributed by atoms with E-state index in [1.807, 2.05) is 0 Å². The summed E-state index contributed by atoms with van der Waals surface area (Å²) in [6, 6.07) is 4.31. The number of hydrogen-bond acceptors (Lipinski definition) is 10. The fourth-order valence-electron chi connectivity index (χ4n) is 2.80. The van der Waals surface area contributed by atoms with Gasteiger partial charge in [0.25, 0.3) is 0 Å². The van der Waals surface area contributed by atoms with Crippen molar-refractivity contribution >= 4 is 11.9 Å². The number of esters is 2. The number of phenols is 4. The lowest BCUT2D eigenvalue weighted by molar-refractivity contribution is -0.0619. The summed E-state index contributed by atoms with van der Waals surface area (Å²) >= 11 is 0. The molecule has 10 nitrogen and oxygen atoms in total. The first-order valence-corrected chi connectivity index (χ1v) is 8.77. The number of phenolic OH excluding ortho intramolecular Hbond substituents is 4. The first-order valence-electron chi connectivity index (χ1n) is 8.77. The summed E-state index contributed by atoms with van der Waals surface area (Å²) in [6.45, 7) is 1.39. The molecule has 6 N–H and O–H groups in total. The van der Waals surface area contributed by atoms with Gasteiger partial charge in [-0.1, -0.05) is 0 Å². The van der Waals surface area contributed by atoms with Crippen molar-refractivity contribution in [1.29, 1.82) is 0 Å². The average molecular weight is 422 g/mol. The van der Waals surface area contributed by atoms with E-state index < -0.39 is 48.9 Å². The molecule has 2 aromatic rings. The van der Waals surface area contributed by atoms with E-state index in [1.165, 1.54) is 26.0 Å². The number of ether oxygens (including phenoxy) is 2. The Balaban J connectivity index is 2.18. The smallest absolute Gasteiger partial charge is 0.342 e. The van der Waals surface area contributed by atoms with Gasteiger partial charge < -0.3 is 40.1 Å². The Morgan fingerprint density at radius 2 is 1.33 bits per heavy atom. The topological polar surface area (TPSA) is 174 Å². The van der Waals surface area contributed by atoms with Crippen LogP contribution in [0.2, 0.25) is 0 Å². The average Bonchev–Trinajstić information content (AvgIpc) is 2.62. The van der Waals surface area contributed by atoms with Gasteiger partial charge in [-0.15, -0.1) is 0 Å². The quantitative estimate of drug-likeness (QED) is 0.351. The zero-order valence-corrected chi connectivity index (χ0v) is 16.2. The molecule has 10 heteroatoms. The fourth-order valence-corrected chi connectivity index (χ4v) is 2.80.